The molecule has 0 spiro atoms. The van der Waals surface area contributed by atoms with Crippen molar-refractivity contribution in [3.63, 3.8) is 0 Å². The lowest BCUT2D eigenvalue weighted by molar-refractivity contribution is -0.120. The minimum atomic E-state index is 0.0907. The van der Waals surface area contributed by atoms with Crippen LogP contribution in [-0.2, 0) is 9.53 Å². The number of rotatable bonds is 7. The van der Waals surface area contributed by atoms with Crippen LogP contribution >= 0.6 is 0 Å². The molecule has 0 aromatic rings. The van der Waals surface area contributed by atoms with E-state index in [1.165, 1.54) is 19.3 Å². The van der Waals surface area contributed by atoms with Gasteiger partial charge in [0.15, 0.2) is 0 Å². The summed E-state index contributed by atoms with van der Waals surface area (Å²) >= 11 is 0. The number of hydrogen-bond acceptors (Lipinski definition) is 3. The third kappa shape index (κ3) is 4.58. The molecular formula is C10H20N2O2. The smallest absolute Gasteiger partial charge is 0.233 e. The molecule has 0 aromatic heterocycles. The molecule has 0 bridgehead atoms. The summed E-state index contributed by atoms with van der Waals surface area (Å²) in [5.41, 5.74) is 0. The molecule has 1 amide bonds. The maximum atomic E-state index is 11.2. The molecule has 2 N–H and O–H groups in total. The molecule has 4 heteroatoms. The zero-order valence-corrected chi connectivity index (χ0v) is 8.84. The monoisotopic (exact) mass is 200 g/mol. The van der Waals surface area contributed by atoms with Crippen LogP contribution in [0.2, 0.25) is 0 Å². The number of hydrogen-bond donors (Lipinski definition) is 2. The highest BCUT2D eigenvalue weighted by molar-refractivity contribution is 5.77. The Morgan fingerprint density at radius 2 is 2.29 bits per heavy atom. The molecule has 1 fully saturated rings. The van der Waals surface area contributed by atoms with Crippen LogP contribution in [0.3, 0.4) is 0 Å². The number of nitrogens with one attached hydrogen (secondary N) is 2. The normalized spacial score (nSPS) is 16.4. The highest BCUT2D eigenvalue weighted by Gasteiger charge is 2.16. The van der Waals surface area contributed by atoms with Crippen LogP contribution < -0.4 is 10.6 Å². The molecule has 0 unspecified atom stereocenters. The first-order chi connectivity index (χ1) is 6.83. The van der Waals surface area contributed by atoms with Gasteiger partial charge in [-0.25, -0.2) is 0 Å². The summed E-state index contributed by atoms with van der Waals surface area (Å²) in [6.45, 7) is 1.87. The Kier molecular flexibility index (Phi) is 5.56. The van der Waals surface area contributed by atoms with E-state index in [-0.39, 0.29) is 5.91 Å². The maximum absolute atomic E-state index is 11.2. The predicted molar refractivity (Wildman–Crippen MR) is 55.1 cm³/mol. The molecule has 4 nitrogen and oxygen atoms in total. The van der Waals surface area contributed by atoms with Gasteiger partial charge in [-0.1, -0.05) is 6.42 Å². The van der Waals surface area contributed by atoms with Gasteiger partial charge in [0.2, 0.25) is 5.91 Å². The summed E-state index contributed by atoms with van der Waals surface area (Å²) in [4.78, 5) is 11.2. The van der Waals surface area contributed by atoms with Gasteiger partial charge in [-0.3, -0.25) is 4.79 Å². The molecule has 14 heavy (non-hydrogen) atoms. The molecule has 1 rings (SSSR count). The van der Waals surface area contributed by atoms with Gasteiger partial charge in [-0.2, -0.15) is 0 Å². The number of amides is 1. The van der Waals surface area contributed by atoms with Crippen molar-refractivity contribution in [3.8, 4) is 0 Å². The van der Waals surface area contributed by atoms with Gasteiger partial charge in [-0.15, -0.1) is 0 Å². The molecular weight excluding hydrogens is 180 g/mol. The Bertz CT molecular complexity index is 170. The SMILES string of the molecule is COCCCNC(=O)CNC1CCC1. The van der Waals surface area contributed by atoms with Gasteiger partial charge in [0.1, 0.15) is 0 Å². The number of carbonyl (C=O) groups excluding carboxylic acids is 1. The van der Waals surface area contributed by atoms with Gasteiger partial charge in [-0.05, 0) is 19.3 Å². The van der Waals surface area contributed by atoms with E-state index in [2.05, 4.69) is 10.6 Å². The summed E-state index contributed by atoms with van der Waals surface area (Å²) in [6.07, 6.45) is 4.62. The minimum Gasteiger partial charge on any atom is -0.385 e. The third-order valence-corrected chi connectivity index (χ3v) is 2.50. The first-order valence-electron chi connectivity index (χ1n) is 5.32. The van der Waals surface area contributed by atoms with Crippen LogP contribution in [0.15, 0.2) is 0 Å². The topological polar surface area (TPSA) is 50.4 Å². The van der Waals surface area contributed by atoms with Gasteiger partial charge in [0, 0.05) is 26.3 Å². The van der Waals surface area contributed by atoms with Gasteiger partial charge in [0.05, 0.1) is 6.54 Å². The fourth-order valence-electron chi connectivity index (χ4n) is 1.36. The maximum Gasteiger partial charge on any atom is 0.233 e. The highest BCUT2D eigenvalue weighted by Crippen LogP contribution is 2.17. The molecule has 0 aromatic carbocycles. The van der Waals surface area contributed by atoms with E-state index in [1.54, 1.807) is 7.11 Å². The lowest BCUT2D eigenvalue weighted by Gasteiger charge is -2.26. The van der Waals surface area contributed by atoms with E-state index in [0.717, 1.165) is 6.42 Å². The summed E-state index contributed by atoms with van der Waals surface area (Å²) in [6, 6.07) is 0.583. The second-order valence-corrected chi connectivity index (χ2v) is 3.71. The lowest BCUT2D eigenvalue weighted by Crippen LogP contribution is -2.42. The summed E-state index contributed by atoms with van der Waals surface area (Å²) < 4.78 is 4.88. The number of methoxy groups -OCH3 is 1. The molecule has 0 radical (unpaired) electrons. The largest absolute Gasteiger partial charge is 0.385 e. The van der Waals surface area contributed by atoms with Crippen LogP contribution in [0, 0.1) is 0 Å². The van der Waals surface area contributed by atoms with Gasteiger partial charge < -0.3 is 15.4 Å². The Balaban J connectivity index is 1.87. The molecule has 1 saturated carbocycles. The average Bonchev–Trinajstić information content (AvgIpc) is 2.10. The Morgan fingerprint density at radius 3 is 2.86 bits per heavy atom. The van der Waals surface area contributed by atoms with E-state index >= 15 is 0 Å². The van der Waals surface area contributed by atoms with Crippen molar-refractivity contribution in [2.24, 2.45) is 0 Å². The zero-order chi connectivity index (χ0) is 10.2. The van der Waals surface area contributed by atoms with E-state index in [1.807, 2.05) is 0 Å². The van der Waals surface area contributed by atoms with E-state index in [9.17, 15) is 4.79 Å². The summed E-state index contributed by atoms with van der Waals surface area (Å²) in [5, 5.41) is 6.06. The van der Waals surface area contributed by atoms with Crippen LogP contribution in [0.1, 0.15) is 25.7 Å². The summed E-state index contributed by atoms with van der Waals surface area (Å²) in [7, 11) is 1.67. The van der Waals surface area contributed by atoms with Gasteiger partial charge >= 0.3 is 0 Å². The minimum absolute atomic E-state index is 0.0907. The fourth-order valence-corrected chi connectivity index (χ4v) is 1.36. The standard InChI is InChI=1S/C10H20N2O2/c1-14-7-3-6-11-10(13)8-12-9-4-2-5-9/h9,12H,2-8H2,1H3,(H,11,13). The molecule has 0 heterocycles. The van der Waals surface area contributed by atoms with Crippen LogP contribution in [-0.4, -0.2) is 38.8 Å². The summed E-state index contributed by atoms with van der Waals surface area (Å²) in [5.74, 6) is 0.0907. The Morgan fingerprint density at radius 1 is 1.50 bits per heavy atom. The first kappa shape index (κ1) is 11.5. The Hall–Kier alpha value is -0.610. The van der Waals surface area contributed by atoms with Crippen molar-refractivity contribution in [1.29, 1.82) is 0 Å². The van der Waals surface area contributed by atoms with Gasteiger partial charge in [0.25, 0.3) is 0 Å². The third-order valence-electron chi connectivity index (χ3n) is 2.50. The number of carbonyl (C=O) groups is 1. The van der Waals surface area contributed by atoms with E-state index in [0.29, 0.717) is 25.7 Å². The Labute approximate surface area is 85.4 Å². The highest BCUT2D eigenvalue weighted by atomic mass is 16.5. The second-order valence-electron chi connectivity index (χ2n) is 3.71. The van der Waals surface area contributed by atoms with Crippen molar-refractivity contribution in [2.45, 2.75) is 31.7 Å². The number of ether oxygens (including phenoxy) is 1. The molecule has 0 atom stereocenters. The fraction of sp³-hybridized carbons (Fsp3) is 0.900. The molecule has 1 aliphatic rings. The predicted octanol–water partition coefficient (Wildman–Crippen LogP) is 0.281. The molecule has 1 aliphatic carbocycles. The molecule has 0 saturated heterocycles. The molecule has 0 aliphatic heterocycles. The van der Waals surface area contributed by atoms with Crippen molar-refractivity contribution >= 4 is 5.91 Å². The average molecular weight is 200 g/mol. The first-order valence-corrected chi connectivity index (χ1v) is 5.32. The zero-order valence-electron chi connectivity index (χ0n) is 8.84. The lowest BCUT2D eigenvalue weighted by atomic mass is 9.93. The van der Waals surface area contributed by atoms with Crippen molar-refractivity contribution in [1.82, 2.24) is 10.6 Å². The van der Waals surface area contributed by atoms with Crippen LogP contribution in [0.5, 0.6) is 0 Å². The van der Waals surface area contributed by atoms with E-state index in [4.69, 9.17) is 4.74 Å². The van der Waals surface area contributed by atoms with Crippen molar-refractivity contribution < 1.29 is 9.53 Å². The van der Waals surface area contributed by atoms with E-state index < -0.39 is 0 Å². The van der Waals surface area contributed by atoms with Crippen molar-refractivity contribution in [2.75, 3.05) is 26.8 Å². The second kappa shape index (κ2) is 6.79. The van der Waals surface area contributed by atoms with Crippen LogP contribution in [0.4, 0.5) is 0 Å². The quantitative estimate of drug-likeness (QED) is 0.580. The van der Waals surface area contributed by atoms with Crippen LogP contribution in [0.25, 0.3) is 0 Å². The van der Waals surface area contributed by atoms with Crippen molar-refractivity contribution in [3.05, 3.63) is 0 Å². The molecule has 82 valence electrons.